The van der Waals surface area contributed by atoms with Gasteiger partial charge >= 0.3 is 0 Å². The highest BCUT2D eigenvalue weighted by Crippen LogP contribution is 2.25. The fourth-order valence-electron chi connectivity index (χ4n) is 2.02. The van der Waals surface area contributed by atoms with Gasteiger partial charge < -0.3 is 10.1 Å². The van der Waals surface area contributed by atoms with E-state index in [0.717, 1.165) is 36.9 Å². The summed E-state index contributed by atoms with van der Waals surface area (Å²) in [7, 11) is 0. The lowest BCUT2D eigenvalue weighted by atomic mass is 10.0. The Kier molecular flexibility index (Phi) is 4.14. The Morgan fingerprint density at radius 2 is 2.50 bits per heavy atom. The molecule has 4 heteroatoms. The quantitative estimate of drug-likeness (QED) is 0.822. The smallest absolute Gasteiger partial charge is 0.157 e. The number of aliphatic imine (C=N–C) groups is 1. The van der Waals surface area contributed by atoms with E-state index in [4.69, 9.17) is 4.74 Å². The van der Waals surface area contributed by atoms with Gasteiger partial charge in [-0.05, 0) is 32.6 Å². The number of nitrogens with zero attached hydrogens (tertiary/aromatic N) is 1. The summed E-state index contributed by atoms with van der Waals surface area (Å²) in [6.45, 7) is 6.34. The lowest BCUT2D eigenvalue weighted by Gasteiger charge is -2.20. The molecule has 92 valence electrons. The second-order valence-electron chi connectivity index (χ2n) is 4.94. The van der Waals surface area contributed by atoms with E-state index < -0.39 is 0 Å². The highest BCUT2D eigenvalue weighted by Gasteiger charge is 2.30. The van der Waals surface area contributed by atoms with Gasteiger partial charge in [0.15, 0.2) is 5.17 Å². The summed E-state index contributed by atoms with van der Waals surface area (Å²) in [6, 6.07) is 0. The number of thioether (sulfide) groups is 1. The van der Waals surface area contributed by atoms with Crippen LogP contribution in [0.5, 0.6) is 0 Å². The van der Waals surface area contributed by atoms with E-state index in [1.165, 1.54) is 12.8 Å². The van der Waals surface area contributed by atoms with Crippen molar-refractivity contribution in [2.24, 2.45) is 4.99 Å². The van der Waals surface area contributed by atoms with Gasteiger partial charge in [0, 0.05) is 24.4 Å². The largest absolute Gasteiger partial charge is 0.378 e. The summed E-state index contributed by atoms with van der Waals surface area (Å²) in [4.78, 5) is 4.62. The topological polar surface area (TPSA) is 33.6 Å². The van der Waals surface area contributed by atoms with Crippen LogP contribution in [-0.2, 0) is 4.74 Å². The van der Waals surface area contributed by atoms with Crippen molar-refractivity contribution in [2.45, 2.75) is 51.2 Å². The molecule has 16 heavy (non-hydrogen) atoms. The minimum absolute atomic E-state index is 0.257. The fourth-order valence-corrected chi connectivity index (χ4v) is 3.25. The summed E-state index contributed by atoms with van der Waals surface area (Å²) in [5, 5.41) is 4.64. The lowest BCUT2D eigenvalue weighted by molar-refractivity contribution is 0.106. The highest BCUT2D eigenvalue weighted by atomic mass is 32.2. The van der Waals surface area contributed by atoms with Gasteiger partial charge in [-0.25, -0.2) is 0 Å². The normalized spacial score (nSPS) is 36.9. The molecule has 3 nitrogen and oxygen atoms in total. The summed E-state index contributed by atoms with van der Waals surface area (Å²) in [5.74, 6) is 1.14. The molecule has 0 aliphatic carbocycles. The van der Waals surface area contributed by atoms with Crippen molar-refractivity contribution < 1.29 is 4.74 Å². The van der Waals surface area contributed by atoms with Crippen molar-refractivity contribution >= 4 is 16.9 Å². The Morgan fingerprint density at radius 3 is 3.12 bits per heavy atom. The summed E-state index contributed by atoms with van der Waals surface area (Å²) >= 11 is 1.85. The fraction of sp³-hybridized carbons (Fsp3) is 0.917. The van der Waals surface area contributed by atoms with E-state index in [-0.39, 0.29) is 5.54 Å². The molecule has 0 saturated carbocycles. The Hall–Kier alpha value is -0.220. The van der Waals surface area contributed by atoms with E-state index in [2.05, 4.69) is 24.2 Å². The van der Waals surface area contributed by atoms with Crippen LogP contribution in [-0.4, -0.2) is 35.7 Å². The van der Waals surface area contributed by atoms with Gasteiger partial charge in [0.2, 0.25) is 0 Å². The van der Waals surface area contributed by atoms with Crippen molar-refractivity contribution in [1.82, 2.24) is 5.32 Å². The van der Waals surface area contributed by atoms with E-state index in [1.54, 1.807) is 0 Å². The molecule has 0 aromatic heterocycles. The molecule has 0 bridgehead atoms. The summed E-state index contributed by atoms with van der Waals surface area (Å²) < 4.78 is 5.58. The summed E-state index contributed by atoms with van der Waals surface area (Å²) in [6.07, 6.45) is 5.15. The molecule has 0 aromatic rings. The predicted molar refractivity (Wildman–Crippen MR) is 70.2 cm³/mol. The molecule has 1 N–H and O–H groups in total. The third kappa shape index (κ3) is 3.14. The number of amidine groups is 1. The average molecular weight is 242 g/mol. The van der Waals surface area contributed by atoms with Gasteiger partial charge in [0.05, 0.1) is 6.10 Å². The highest BCUT2D eigenvalue weighted by molar-refractivity contribution is 8.14. The molecule has 2 aliphatic rings. The SMILES string of the molecule is CCC1(C)CSC(=NCCC2CCCO2)N1. The number of nitrogens with one attached hydrogen (secondary N) is 1. The van der Waals surface area contributed by atoms with Crippen LogP contribution >= 0.6 is 11.8 Å². The first-order chi connectivity index (χ1) is 7.72. The molecule has 0 radical (unpaired) electrons. The molecule has 2 heterocycles. The maximum absolute atomic E-state index is 5.58. The maximum atomic E-state index is 5.58. The van der Waals surface area contributed by atoms with Gasteiger partial charge in [0.25, 0.3) is 0 Å². The van der Waals surface area contributed by atoms with E-state index in [1.807, 2.05) is 11.8 Å². The van der Waals surface area contributed by atoms with Gasteiger partial charge in [-0.1, -0.05) is 18.7 Å². The molecule has 0 aromatic carbocycles. The van der Waals surface area contributed by atoms with Crippen molar-refractivity contribution in [1.29, 1.82) is 0 Å². The standard InChI is InChI=1S/C12H22N2OS/c1-3-12(2)9-16-11(14-12)13-7-6-10-5-4-8-15-10/h10H,3-9H2,1-2H3,(H,13,14). The lowest BCUT2D eigenvalue weighted by Crippen LogP contribution is -2.39. The Morgan fingerprint density at radius 1 is 1.62 bits per heavy atom. The molecule has 2 fully saturated rings. The Bertz CT molecular complexity index is 264. The molecule has 2 aliphatic heterocycles. The van der Waals surface area contributed by atoms with Crippen LogP contribution in [0, 0.1) is 0 Å². The van der Waals surface area contributed by atoms with Gasteiger partial charge in [-0.2, -0.15) is 0 Å². The first-order valence-electron chi connectivity index (χ1n) is 6.29. The second kappa shape index (κ2) is 5.41. The zero-order valence-electron chi connectivity index (χ0n) is 10.3. The van der Waals surface area contributed by atoms with Crippen LogP contribution in [0.3, 0.4) is 0 Å². The Labute approximate surface area is 102 Å². The first-order valence-corrected chi connectivity index (χ1v) is 7.27. The second-order valence-corrected chi connectivity index (χ2v) is 5.90. The number of rotatable bonds is 4. The van der Waals surface area contributed by atoms with Crippen LogP contribution in [0.4, 0.5) is 0 Å². The molecule has 0 spiro atoms. The number of hydrogen-bond donors (Lipinski definition) is 1. The van der Waals surface area contributed by atoms with Crippen molar-refractivity contribution in [3.63, 3.8) is 0 Å². The molecule has 2 atom stereocenters. The van der Waals surface area contributed by atoms with Gasteiger partial charge in [0.1, 0.15) is 0 Å². The molecule has 2 saturated heterocycles. The van der Waals surface area contributed by atoms with E-state index in [9.17, 15) is 0 Å². The monoisotopic (exact) mass is 242 g/mol. The minimum atomic E-state index is 0.257. The van der Waals surface area contributed by atoms with Gasteiger partial charge in [-0.3, -0.25) is 4.99 Å². The summed E-state index contributed by atoms with van der Waals surface area (Å²) in [5.41, 5.74) is 0.257. The molecule has 0 amide bonds. The number of hydrogen-bond acceptors (Lipinski definition) is 3. The maximum Gasteiger partial charge on any atom is 0.157 e. The molecular weight excluding hydrogens is 220 g/mol. The minimum Gasteiger partial charge on any atom is -0.378 e. The van der Waals surface area contributed by atoms with Crippen LogP contribution in [0.25, 0.3) is 0 Å². The zero-order chi connectivity index (χ0) is 11.4. The van der Waals surface area contributed by atoms with E-state index >= 15 is 0 Å². The predicted octanol–water partition coefficient (Wildman–Crippen LogP) is 2.42. The van der Waals surface area contributed by atoms with E-state index in [0.29, 0.717) is 6.10 Å². The molecular formula is C12H22N2OS. The first kappa shape index (κ1) is 12.2. The van der Waals surface area contributed by atoms with Crippen LogP contribution in [0.2, 0.25) is 0 Å². The Balaban J connectivity index is 1.72. The van der Waals surface area contributed by atoms with Crippen molar-refractivity contribution in [2.75, 3.05) is 18.9 Å². The van der Waals surface area contributed by atoms with Crippen LogP contribution in [0.1, 0.15) is 39.5 Å². The van der Waals surface area contributed by atoms with Crippen molar-refractivity contribution in [3.8, 4) is 0 Å². The van der Waals surface area contributed by atoms with Gasteiger partial charge in [-0.15, -0.1) is 0 Å². The van der Waals surface area contributed by atoms with Crippen LogP contribution in [0.15, 0.2) is 4.99 Å². The average Bonchev–Trinajstić information content (AvgIpc) is 2.90. The molecule has 2 unspecified atom stereocenters. The van der Waals surface area contributed by atoms with Crippen LogP contribution < -0.4 is 5.32 Å². The molecule has 2 rings (SSSR count). The zero-order valence-corrected chi connectivity index (χ0v) is 11.1. The number of ether oxygens (including phenoxy) is 1. The third-order valence-corrected chi connectivity index (χ3v) is 4.73. The third-order valence-electron chi connectivity index (χ3n) is 3.45. The van der Waals surface area contributed by atoms with Crippen molar-refractivity contribution in [3.05, 3.63) is 0 Å².